The predicted molar refractivity (Wildman–Crippen MR) is 48.4 cm³/mol. The Bertz CT molecular complexity index is 73.9. The van der Waals surface area contributed by atoms with Crippen molar-refractivity contribution in [1.82, 2.24) is 5.32 Å². The Morgan fingerprint density at radius 1 is 1.30 bits per heavy atom. The van der Waals surface area contributed by atoms with Crippen LogP contribution in [0.4, 0.5) is 0 Å². The van der Waals surface area contributed by atoms with Gasteiger partial charge in [-0.05, 0) is 7.05 Å². The minimum Gasteiger partial charge on any atom is -0.394 e. The maximum absolute atomic E-state index is 8.85. The number of aliphatic hydroxyl groups excluding tert-OH is 3. The van der Waals surface area contributed by atoms with Gasteiger partial charge in [0.05, 0.1) is 12.7 Å². The smallest absolute Gasteiger partial charge is 0.104 e. The van der Waals surface area contributed by atoms with Crippen LogP contribution in [0.15, 0.2) is 0 Å². The lowest BCUT2D eigenvalue weighted by Gasteiger charge is -2.13. The highest BCUT2D eigenvalue weighted by Gasteiger charge is 2.12. The Labute approximate surface area is 77.3 Å². The minimum absolute atomic E-state index is 0. The van der Waals surface area contributed by atoms with Crippen LogP contribution in [-0.4, -0.2) is 47.7 Å². The number of hydrogen-bond acceptors (Lipinski definition) is 4. The molecule has 0 aromatic heterocycles. The first-order chi connectivity index (χ1) is 4.22. The van der Waals surface area contributed by atoms with Crippen LogP contribution in [0.1, 0.15) is 0 Å². The molecule has 5 heteroatoms. The molecule has 0 rings (SSSR count). The number of rotatable bonds is 4. The van der Waals surface area contributed by atoms with E-state index >= 15 is 0 Å². The molecular formula is C5H14INO3. The third-order valence-electron chi connectivity index (χ3n) is 1.04. The van der Waals surface area contributed by atoms with Crippen LogP contribution in [-0.2, 0) is 0 Å². The predicted octanol–water partition coefficient (Wildman–Crippen LogP) is -1.46. The van der Waals surface area contributed by atoms with Crippen LogP contribution in [0.2, 0.25) is 0 Å². The van der Waals surface area contributed by atoms with Crippen molar-refractivity contribution in [3.8, 4) is 0 Å². The highest BCUT2D eigenvalue weighted by Crippen LogP contribution is 1.88. The monoisotopic (exact) mass is 263 g/mol. The summed E-state index contributed by atoms with van der Waals surface area (Å²) in [4.78, 5) is 0. The second-order valence-electron chi connectivity index (χ2n) is 1.87. The number of nitrogens with one attached hydrogen (secondary N) is 1. The zero-order chi connectivity index (χ0) is 7.28. The largest absolute Gasteiger partial charge is 0.394 e. The molecule has 2 atom stereocenters. The quantitative estimate of drug-likeness (QED) is 0.468. The average Bonchev–Trinajstić information content (AvgIpc) is 1.87. The molecule has 0 aromatic rings. The lowest BCUT2D eigenvalue weighted by molar-refractivity contribution is -0.0120. The molecule has 0 aromatic carbocycles. The van der Waals surface area contributed by atoms with Gasteiger partial charge in [0.25, 0.3) is 0 Å². The van der Waals surface area contributed by atoms with Gasteiger partial charge in [0, 0.05) is 6.54 Å². The standard InChI is InChI=1S/C5H13NO3.HI/c1-6-2-4(8)5(9)3-7;/h4-9H,2-3H2,1H3;1H. The highest BCUT2D eigenvalue weighted by atomic mass is 127. The molecule has 0 aliphatic rings. The first-order valence-electron chi connectivity index (χ1n) is 2.84. The van der Waals surface area contributed by atoms with Crippen LogP contribution >= 0.6 is 24.0 Å². The minimum atomic E-state index is -1.03. The van der Waals surface area contributed by atoms with Crippen molar-refractivity contribution in [3.63, 3.8) is 0 Å². The molecule has 64 valence electrons. The SMILES string of the molecule is CNCC(O)C(O)CO.I. The number of hydrogen-bond donors (Lipinski definition) is 4. The third kappa shape index (κ3) is 5.36. The summed E-state index contributed by atoms with van der Waals surface area (Å²) in [6.07, 6.45) is -1.91. The lowest BCUT2D eigenvalue weighted by Crippen LogP contribution is -2.36. The highest BCUT2D eigenvalue weighted by molar-refractivity contribution is 14.0. The van der Waals surface area contributed by atoms with Crippen molar-refractivity contribution in [2.75, 3.05) is 20.2 Å². The van der Waals surface area contributed by atoms with Crippen molar-refractivity contribution < 1.29 is 15.3 Å². The van der Waals surface area contributed by atoms with E-state index < -0.39 is 18.8 Å². The van der Waals surface area contributed by atoms with E-state index in [4.69, 9.17) is 15.3 Å². The Kier molecular flexibility index (Phi) is 10.1. The molecule has 0 fully saturated rings. The molecule has 0 aliphatic heterocycles. The fourth-order valence-corrected chi connectivity index (χ4v) is 0.467. The number of likely N-dealkylation sites (N-methyl/N-ethyl adjacent to an activating group) is 1. The van der Waals surface area contributed by atoms with E-state index in [2.05, 4.69) is 5.32 Å². The van der Waals surface area contributed by atoms with Crippen molar-refractivity contribution in [3.05, 3.63) is 0 Å². The van der Waals surface area contributed by atoms with Crippen LogP contribution in [0.5, 0.6) is 0 Å². The molecule has 0 heterocycles. The molecule has 0 amide bonds. The molecule has 0 saturated carbocycles. The summed E-state index contributed by atoms with van der Waals surface area (Å²) in [7, 11) is 1.66. The molecule has 4 nitrogen and oxygen atoms in total. The van der Waals surface area contributed by atoms with Gasteiger partial charge < -0.3 is 20.6 Å². The zero-order valence-corrected chi connectivity index (χ0v) is 8.15. The summed E-state index contributed by atoms with van der Waals surface area (Å²) in [6, 6.07) is 0. The van der Waals surface area contributed by atoms with Crippen LogP contribution in [0, 0.1) is 0 Å². The van der Waals surface area contributed by atoms with Gasteiger partial charge in [-0.3, -0.25) is 0 Å². The topological polar surface area (TPSA) is 72.7 Å². The van der Waals surface area contributed by atoms with Crippen LogP contribution < -0.4 is 5.32 Å². The van der Waals surface area contributed by atoms with E-state index in [9.17, 15) is 0 Å². The summed E-state index contributed by atoms with van der Waals surface area (Å²) in [5, 5.41) is 28.5. The van der Waals surface area contributed by atoms with E-state index in [0.29, 0.717) is 6.54 Å². The Balaban J connectivity index is 0. The van der Waals surface area contributed by atoms with Gasteiger partial charge in [-0.1, -0.05) is 0 Å². The summed E-state index contributed by atoms with van der Waals surface area (Å²) >= 11 is 0. The molecule has 10 heavy (non-hydrogen) atoms. The maximum Gasteiger partial charge on any atom is 0.104 e. The summed E-state index contributed by atoms with van der Waals surface area (Å²) in [6.45, 7) is -0.107. The average molecular weight is 263 g/mol. The molecule has 0 aliphatic carbocycles. The summed E-state index contributed by atoms with van der Waals surface area (Å²) < 4.78 is 0. The molecule has 0 saturated heterocycles. The second kappa shape index (κ2) is 7.67. The van der Waals surface area contributed by atoms with E-state index in [1.165, 1.54) is 0 Å². The molecule has 0 radical (unpaired) electrons. The number of aliphatic hydroxyl groups is 3. The van der Waals surface area contributed by atoms with Gasteiger partial charge in [-0.2, -0.15) is 0 Å². The zero-order valence-electron chi connectivity index (χ0n) is 5.82. The van der Waals surface area contributed by atoms with E-state index in [-0.39, 0.29) is 24.0 Å². The molecule has 0 bridgehead atoms. The van der Waals surface area contributed by atoms with Gasteiger partial charge in [-0.15, -0.1) is 24.0 Å². The normalized spacial score (nSPS) is 15.6. The molecule has 0 spiro atoms. The van der Waals surface area contributed by atoms with E-state index in [1.807, 2.05) is 0 Å². The van der Waals surface area contributed by atoms with Gasteiger partial charge in [0.1, 0.15) is 6.10 Å². The molecule has 2 unspecified atom stereocenters. The molecular weight excluding hydrogens is 249 g/mol. The van der Waals surface area contributed by atoms with E-state index in [0.717, 1.165) is 0 Å². The first kappa shape index (κ1) is 13.2. The lowest BCUT2D eigenvalue weighted by atomic mass is 10.2. The van der Waals surface area contributed by atoms with Gasteiger partial charge >= 0.3 is 0 Å². The van der Waals surface area contributed by atoms with Crippen molar-refractivity contribution >= 4 is 24.0 Å². The fourth-order valence-electron chi connectivity index (χ4n) is 0.467. The van der Waals surface area contributed by atoms with Gasteiger partial charge in [0.15, 0.2) is 0 Å². The van der Waals surface area contributed by atoms with Crippen LogP contribution in [0.3, 0.4) is 0 Å². The van der Waals surface area contributed by atoms with Gasteiger partial charge in [-0.25, -0.2) is 0 Å². The van der Waals surface area contributed by atoms with Crippen LogP contribution in [0.25, 0.3) is 0 Å². The van der Waals surface area contributed by atoms with Crippen molar-refractivity contribution in [2.24, 2.45) is 0 Å². The second-order valence-corrected chi connectivity index (χ2v) is 1.87. The maximum atomic E-state index is 8.85. The third-order valence-corrected chi connectivity index (χ3v) is 1.04. The van der Waals surface area contributed by atoms with Crippen molar-refractivity contribution in [2.45, 2.75) is 12.2 Å². The Morgan fingerprint density at radius 3 is 2.10 bits per heavy atom. The Hall–Kier alpha value is 0.570. The summed E-state index contributed by atoms with van der Waals surface area (Å²) in [5.74, 6) is 0. The number of halogens is 1. The first-order valence-corrected chi connectivity index (χ1v) is 2.84. The summed E-state index contributed by atoms with van der Waals surface area (Å²) in [5.41, 5.74) is 0. The van der Waals surface area contributed by atoms with Gasteiger partial charge in [0.2, 0.25) is 0 Å². The van der Waals surface area contributed by atoms with E-state index in [1.54, 1.807) is 7.05 Å². The molecule has 4 N–H and O–H groups in total. The van der Waals surface area contributed by atoms with Crippen molar-refractivity contribution in [1.29, 1.82) is 0 Å². The fraction of sp³-hybridized carbons (Fsp3) is 1.00. The Morgan fingerprint density at radius 2 is 1.80 bits per heavy atom.